The highest BCUT2D eigenvalue weighted by molar-refractivity contribution is 5.36. The third-order valence-corrected chi connectivity index (χ3v) is 5.63. The summed E-state index contributed by atoms with van der Waals surface area (Å²) >= 11 is 0. The van der Waals surface area contributed by atoms with E-state index < -0.39 is 0 Å². The molecule has 20 heavy (non-hydrogen) atoms. The smallest absolute Gasteiger partial charge is 0.0412 e. The summed E-state index contributed by atoms with van der Waals surface area (Å²) in [5.74, 6) is 0.929. The van der Waals surface area contributed by atoms with Crippen LogP contribution < -0.4 is 5.73 Å². The van der Waals surface area contributed by atoms with Crippen molar-refractivity contribution in [3.63, 3.8) is 0 Å². The first-order valence-corrected chi connectivity index (χ1v) is 8.29. The zero-order valence-electron chi connectivity index (χ0n) is 12.8. The Hall–Kier alpha value is -0.860. The Kier molecular flexibility index (Phi) is 4.13. The van der Waals surface area contributed by atoms with E-state index >= 15 is 0 Å². The van der Waals surface area contributed by atoms with Crippen molar-refractivity contribution in [2.45, 2.75) is 51.0 Å². The molecule has 0 saturated carbocycles. The summed E-state index contributed by atoms with van der Waals surface area (Å²) in [6, 6.07) is 8.92. The second kappa shape index (κ2) is 5.87. The van der Waals surface area contributed by atoms with Gasteiger partial charge in [0.25, 0.3) is 0 Å². The lowest BCUT2D eigenvalue weighted by atomic mass is 9.92. The molecular formula is C18H28N2. The minimum Gasteiger partial charge on any atom is -0.329 e. The fourth-order valence-corrected chi connectivity index (χ4v) is 4.22. The van der Waals surface area contributed by atoms with Crippen molar-refractivity contribution in [3.8, 4) is 0 Å². The Bertz CT molecular complexity index is 429. The molecule has 1 aromatic rings. The van der Waals surface area contributed by atoms with Gasteiger partial charge in [-0.15, -0.1) is 0 Å². The van der Waals surface area contributed by atoms with E-state index in [4.69, 9.17) is 5.73 Å². The third-order valence-electron chi connectivity index (χ3n) is 5.63. The lowest BCUT2D eigenvalue weighted by Crippen LogP contribution is -2.55. The topological polar surface area (TPSA) is 29.3 Å². The van der Waals surface area contributed by atoms with Crippen LogP contribution in [0.25, 0.3) is 0 Å². The molecule has 110 valence electrons. The van der Waals surface area contributed by atoms with Crippen LogP contribution >= 0.6 is 0 Å². The van der Waals surface area contributed by atoms with Gasteiger partial charge in [0.2, 0.25) is 0 Å². The number of nitrogens with zero attached hydrogens (tertiary/aromatic N) is 1. The Morgan fingerprint density at radius 3 is 2.45 bits per heavy atom. The maximum absolute atomic E-state index is 6.26. The molecule has 1 atom stereocenters. The van der Waals surface area contributed by atoms with Crippen molar-refractivity contribution in [1.29, 1.82) is 0 Å². The highest BCUT2D eigenvalue weighted by Gasteiger charge is 2.41. The molecule has 2 aliphatic rings. The zero-order chi connectivity index (χ0) is 14.0. The molecule has 2 heteroatoms. The first-order chi connectivity index (χ1) is 9.77. The standard InChI is InChI=1S/C18H28N2/c1-2-15-6-5-10-20(11-9-15)18(14-19)12-16-7-3-4-8-17(16)13-18/h3-4,7-8,15H,2,5-6,9-14,19H2,1H3. The summed E-state index contributed by atoms with van der Waals surface area (Å²) in [4.78, 5) is 2.72. The van der Waals surface area contributed by atoms with Crippen LogP contribution in [-0.4, -0.2) is 30.1 Å². The molecule has 0 amide bonds. The first kappa shape index (κ1) is 14.1. The molecular weight excluding hydrogens is 244 g/mol. The van der Waals surface area contributed by atoms with Crippen LogP contribution in [0.3, 0.4) is 0 Å². The molecule has 0 bridgehead atoms. The lowest BCUT2D eigenvalue weighted by molar-refractivity contribution is 0.105. The van der Waals surface area contributed by atoms with Gasteiger partial charge in [-0.25, -0.2) is 0 Å². The van der Waals surface area contributed by atoms with Crippen LogP contribution in [-0.2, 0) is 12.8 Å². The van der Waals surface area contributed by atoms with Gasteiger partial charge in [0.1, 0.15) is 0 Å². The minimum absolute atomic E-state index is 0.201. The van der Waals surface area contributed by atoms with Gasteiger partial charge in [-0.05, 0) is 62.2 Å². The zero-order valence-corrected chi connectivity index (χ0v) is 12.8. The first-order valence-electron chi connectivity index (χ1n) is 8.29. The van der Waals surface area contributed by atoms with E-state index in [9.17, 15) is 0 Å². The summed E-state index contributed by atoms with van der Waals surface area (Å²) in [6.45, 7) is 5.61. The Balaban J connectivity index is 1.78. The molecule has 0 spiro atoms. The normalized spacial score (nSPS) is 26.2. The van der Waals surface area contributed by atoms with Crippen LogP contribution in [0.4, 0.5) is 0 Å². The fraction of sp³-hybridized carbons (Fsp3) is 0.667. The highest BCUT2D eigenvalue weighted by atomic mass is 15.2. The van der Waals surface area contributed by atoms with Crippen molar-refractivity contribution in [2.75, 3.05) is 19.6 Å². The van der Waals surface area contributed by atoms with Gasteiger partial charge in [0.05, 0.1) is 0 Å². The summed E-state index contributed by atoms with van der Waals surface area (Å²) in [5.41, 5.74) is 9.50. The van der Waals surface area contributed by atoms with E-state index in [1.54, 1.807) is 0 Å². The van der Waals surface area contributed by atoms with Crippen molar-refractivity contribution in [2.24, 2.45) is 11.7 Å². The van der Waals surface area contributed by atoms with Gasteiger partial charge in [-0.2, -0.15) is 0 Å². The summed E-state index contributed by atoms with van der Waals surface area (Å²) in [6.07, 6.45) is 7.74. The molecule has 2 N–H and O–H groups in total. The molecule has 1 aliphatic carbocycles. The quantitative estimate of drug-likeness (QED) is 0.916. The fourth-order valence-electron chi connectivity index (χ4n) is 4.22. The van der Waals surface area contributed by atoms with Crippen LogP contribution in [0, 0.1) is 5.92 Å². The predicted octanol–water partition coefficient (Wildman–Crippen LogP) is 2.99. The van der Waals surface area contributed by atoms with Crippen molar-refractivity contribution >= 4 is 0 Å². The number of hydrogen-bond donors (Lipinski definition) is 1. The van der Waals surface area contributed by atoms with Gasteiger partial charge < -0.3 is 5.73 Å². The Labute approximate surface area is 123 Å². The number of benzene rings is 1. The summed E-state index contributed by atoms with van der Waals surface area (Å²) in [5, 5.41) is 0. The molecule has 1 aliphatic heterocycles. The summed E-state index contributed by atoms with van der Waals surface area (Å²) in [7, 11) is 0. The van der Waals surface area contributed by atoms with Crippen LogP contribution in [0.5, 0.6) is 0 Å². The van der Waals surface area contributed by atoms with Crippen LogP contribution in [0.1, 0.15) is 43.7 Å². The third kappa shape index (κ3) is 2.51. The Morgan fingerprint density at radius 2 is 1.85 bits per heavy atom. The molecule has 1 fully saturated rings. The van der Waals surface area contributed by atoms with E-state index in [1.165, 1.54) is 49.9 Å². The number of rotatable bonds is 3. The monoisotopic (exact) mass is 272 g/mol. The van der Waals surface area contributed by atoms with E-state index in [1.807, 2.05) is 0 Å². The van der Waals surface area contributed by atoms with E-state index in [-0.39, 0.29) is 5.54 Å². The van der Waals surface area contributed by atoms with Gasteiger partial charge in [-0.1, -0.05) is 37.6 Å². The number of nitrogens with two attached hydrogens (primary N) is 1. The van der Waals surface area contributed by atoms with Crippen LogP contribution in [0.2, 0.25) is 0 Å². The van der Waals surface area contributed by atoms with Crippen molar-refractivity contribution in [3.05, 3.63) is 35.4 Å². The maximum Gasteiger partial charge on any atom is 0.0412 e. The van der Waals surface area contributed by atoms with Gasteiger partial charge in [0.15, 0.2) is 0 Å². The number of hydrogen-bond acceptors (Lipinski definition) is 2. The molecule has 3 rings (SSSR count). The molecule has 1 aromatic carbocycles. The molecule has 1 unspecified atom stereocenters. The van der Waals surface area contributed by atoms with Crippen LogP contribution in [0.15, 0.2) is 24.3 Å². The Morgan fingerprint density at radius 1 is 1.15 bits per heavy atom. The minimum atomic E-state index is 0.201. The molecule has 1 saturated heterocycles. The second-order valence-electron chi connectivity index (χ2n) is 6.74. The van der Waals surface area contributed by atoms with E-state index in [2.05, 4.69) is 36.1 Å². The average Bonchev–Trinajstić information content (AvgIpc) is 2.70. The maximum atomic E-state index is 6.26. The van der Waals surface area contributed by atoms with Gasteiger partial charge in [-0.3, -0.25) is 4.90 Å². The molecule has 1 heterocycles. The van der Waals surface area contributed by atoms with Crippen molar-refractivity contribution < 1.29 is 0 Å². The lowest BCUT2D eigenvalue weighted by Gasteiger charge is -2.40. The molecule has 0 aromatic heterocycles. The van der Waals surface area contributed by atoms with E-state index in [0.29, 0.717) is 0 Å². The SMILES string of the molecule is CCC1CCCN(C2(CN)Cc3ccccc3C2)CC1. The second-order valence-corrected chi connectivity index (χ2v) is 6.74. The van der Waals surface area contributed by atoms with Gasteiger partial charge >= 0.3 is 0 Å². The highest BCUT2D eigenvalue weighted by Crippen LogP contribution is 2.36. The van der Waals surface area contributed by atoms with Crippen molar-refractivity contribution in [1.82, 2.24) is 4.90 Å². The van der Waals surface area contributed by atoms with Gasteiger partial charge in [0, 0.05) is 12.1 Å². The number of likely N-dealkylation sites (tertiary alicyclic amines) is 1. The molecule has 2 nitrogen and oxygen atoms in total. The molecule has 0 radical (unpaired) electrons. The predicted molar refractivity (Wildman–Crippen MR) is 84.8 cm³/mol. The number of fused-ring (bicyclic) bond motifs is 1. The average molecular weight is 272 g/mol. The summed E-state index contributed by atoms with van der Waals surface area (Å²) < 4.78 is 0. The largest absolute Gasteiger partial charge is 0.329 e. The van der Waals surface area contributed by atoms with E-state index in [0.717, 1.165) is 25.3 Å².